The summed E-state index contributed by atoms with van der Waals surface area (Å²) in [6.07, 6.45) is 4.19. The first-order chi connectivity index (χ1) is 12.0. The number of nitrogens with zero attached hydrogens (tertiary/aromatic N) is 1. The molecule has 6 nitrogen and oxygen atoms in total. The zero-order chi connectivity index (χ0) is 18.2. The van der Waals surface area contributed by atoms with Gasteiger partial charge in [0.15, 0.2) is 0 Å². The van der Waals surface area contributed by atoms with Crippen LogP contribution in [0.3, 0.4) is 0 Å². The maximum Gasteiger partial charge on any atom is 0.319 e. The smallest absolute Gasteiger partial charge is 0.319 e. The summed E-state index contributed by atoms with van der Waals surface area (Å²) in [5.74, 6) is -0.120. The fourth-order valence-electron chi connectivity index (χ4n) is 2.54. The normalized spacial score (nSPS) is 11.5. The summed E-state index contributed by atoms with van der Waals surface area (Å²) < 4.78 is 0. The van der Waals surface area contributed by atoms with Gasteiger partial charge >= 0.3 is 6.03 Å². The third-order valence-corrected chi connectivity index (χ3v) is 3.90. The minimum Gasteiger partial charge on any atom is -0.352 e. The van der Waals surface area contributed by atoms with Crippen LogP contribution in [-0.2, 0) is 0 Å². The third-order valence-electron chi connectivity index (χ3n) is 3.90. The highest BCUT2D eigenvalue weighted by molar-refractivity contribution is 5.96. The highest BCUT2D eigenvalue weighted by atomic mass is 16.2. The lowest BCUT2D eigenvalue weighted by Gasteiger charge is -2.18. The Labute approximate surface area is 148 Å². The number of rotatable bonds is 6. The molecular weight excluding hydrogens is 316 g/mol. The Morgan fingerprint density at radius 2 is 1.84 bits per heavy atom. The molecule has 1 atom stereocenters. The molecule has 0 bridgehead atoms. The second-order valence-electron chi connectivity index (χ2n) is 5.73. The number of carbonyl (C=O) groups is 2. The van der Waals surface area contributed by atoms with Crippen molar-refractivity contribution in [1.29, 1.82) is 0 Å². The number of aryl methyl sites for hydroxylation is 1. The Morgan fingerprint density at radius 1 is 1.12 bits per heavy atom. The summed E-state index contributed by atoms with van der Waals surface area (Å²) in [5.41, 5.74) is 3.09. The van der Waals surface area contributed by atoms with Gasteiger partial charge in [-0.1, -0.05) is 6.92 Å². The van der Waals surface area contributed by atoms with E-state index in [1.807, 2.05) is 32.9 Å². The lowest BCUT2D eigenvalue weighted by Crippen LogP contribution is -2.32. The molecule has 1 unspecified atom stereocenters. The van der Waals surface area contributed by atoms with Crippen molar-refractivity contribution < 1.29 is 9.59 Å². The number of nitrogens with one attached hydrogen (secondary N) is 3. The van der Waals surface area contributed by atoms with Gasteiger partial charge in [0.25, 0.3) is 5.91 Å². The van der Waals surface area contributed by atoms with Crippen molar-refractivity contribution in [2.45, 2.75) is 33.2 Å². The van der Waals surface area contributed by atoms with Crippen molar-refractivity contribution in [2.24, 2.45) is 0 Å². The van der Waals surface area contributed by atoms with Gasteiger partial charge in [-0.2, -0.15) is 0 Å². The molecule has 0 spiro atoms. The summed E-state index contributed by atoms with van der Waals surface area (Å²) in [7, 11) is 0. The van der Waals surface area contributed by atoms with Gasteiger partial charge in [-0.25, -0.2) is 4.79 Å². The van der Waals surface area contributed by atoms with E-state index in [0.717, 1.165) is 17.5 Å². The molecule has 0 aliphatic rings. The molecule has 25 heavy (non-hydrogen) atoms. The Morgan fingerprint density at radius 3 is 2.44 bits per heavy atom. The van der Waals surface area contributed by atoms with Gasteiger partial charge in [0.2, 0.25) is 0 Å². The molecule has 1 aromatic heterocycles. The molecule has 2 aromatic rings. The number of anilines is 1. The predicted octanol–water partition coefficient (Wildman–Crippen LogP) is 3.41. The number of hydrogen-bond acceptors (Lipinski definition) is 3. The Hall–Kier alpha value is -2.89. The van der Waals surface area contributed by atoms with Crippen LogP contribution in [0, 0.1) is 6.92 Å². The first kappa shape index (κ1) is 18.4. The lowest BCUT2D eigenvalue weighted by molar-refractivity contribution is 0.0955. The molecule has 1 heterocycles. The minimum absolute atomic E-state index is 0.0853. The number of carbonyl (C=O) groups excluding carboxylic acids is 2. The fourth-order valence-corrected chi connectivity index (χ4v) is 2.54. The van der Waals surface area contributed by atoms with Crippen molar-refractivity contribution >= 4 is 17.6 Å². The highest BCUT2D eigenvalue weighted by Gasteiger charge is 2.14. The van der Waals surface area contributed by atoms with Gasteiger partial charge in [-0.3, -0.25) is 9.78 Å². The van der Waals surface area contributed by atoms with E-state index in [1.54, 1.807) is 30.6 Å². The maximum atomic E-state index is 12.3. The van der Waals surface area contributed by atoms with Crippen LogP contribution in [-0.4, -0.2) is 23.5 Å². The van der Waals surface area contributed by atoms with E-state index in [4.69, 9.17) is 0 Å². The second-order valence-corrected chi connectivity index (χ2v) is 5.73. The highest BCUT2D eigenvalue weighted by Crippen LogP contribution is 2.18. The van der Waals surface area contributed by atoms with Crippen LogP contribution in [0.5, 0.6) is 0 Å². The summed E-state index contributed by atoms with van der Waals surface area (Å²) in [6, 6.07) is 8.62. The van der Waals surface area contributed by atoms with Crippen LogP contribution in [0.1, 0.15) is 47.8 Å². The molecule has 0 fully saturated rings. The molecule has 0 aliphatic carbocycles. The molecule has 132 valence electrons. The molecule has 0 saturated heterocycles. The van der Waals surface area contributed by atoms with E-state index >= 15 is 0 Å². The number of pyridine rings is 1. The van der Waals surface area contributed by atoms with Crippen LogP contribution in [0.2, 0.25) is 0 Å². The number of benzene rings is 1. The Kier molecular flexibility index (Phi) is 6.51. The fraction of sp³-hybridized carbons (Fsp3) is 0.316. The van der Waals surface area contributed by atoms with E-state index in [2.05, 4.69) is 20.9 Å². The number of aromatic nitrogens is 1. The van der Waals surface area contributed by atoms with Crippen LogP contribution in [0.15, 0.2) is 42.7 Å². The zero-order valence-electron chi connectivity index (χ0n) is 14.8. The molecule has 0 saturated carbocycles. The molecule has 0 aliphatic heterocycles. The molecule has 3 amide bonds. The van der Waals surface area contributed by atoms with E-state index in [1.165, 1.54) is 0 Å². The zero-order valence-corrected chi connectivity index (χ0v) is 14.8. The maximum absolute atomic E-state index is 12.3. The monoisotopic (exact) mass is 340 g/mol. The third kappa shape index (κ3) is 5.04. The van der Waals surface area contributed by atoms with Crippen molar-refractivity contribution in [2.75, 3.05) is 11.9 Å². The van der Waals surface area contributed by atoms with Crippen molar-refractivity contribution in [3.8, 4) is 0 Å². The number of hydrogen-bond donors (Lipinski definition) is 3. The van der Waals surface area contributed by atoms with Crippen LogP contribution < -0.4 is 16.0 Å². The summed E-state index contributed by atoms with van der Waals surface area (Å²) in [6.45, 7) is 6.32. The molecule has 6 heteroatoms. The average Bonchev–Trinajstić information content (AvgIpc) is 2.62. The first-order valence-electron chi connectivity index (χ1n) is 8.41. The molecule has 2 rings (SSSR count). The SMILES string of the molecule is CCNC(=O)c1ccc(NC(=O)NC(CC)c2ccncc2)c(C)c1. The van der Waals surface area contributed by atoms with Gasteiger partial charge in [0.1, 0.15) is 0 Å². The predicted molar refractivity (Wildman–Crippen MR) is 98.6 cm³/mol. The lowest BCUT2D eigenvalue weighted by atomic mass is 10.1. The minimum atomic E-state index is -0.280. The van der Waals surface area contributed by atoms with E-state index in [0.29, 0.717) is 17.8 Å². The topological polar surface area (TPSA) is 83.1 Å². The van der Waals surface area contributed by atoms with E-state index < -0.39 is 0 Å². The second kappa shape index (κ2) is 8.82. The van der Waals surface area contributed by atoms with Gasteiger partial charge < -0.3 is 16.0 Å². The molecule has 0 radical (unpaired) electrons. The van der Waals surface area contributed by atoms with Crippen LogP contribution >= 0.6 is 0 Å². The Bertz CT molecular complexity index is 731. The summed E-state index contributed by atoms with van der Waals surface area (Å²) in [4.78, 5) is 28.2. The van der Waals surface area contributed by atoms with Gasteiger partial charge in [-0.15, -0.1) is 0 Å². The summed E-state index contributed by atoms with van der Waals surface area (Å²) >= 11 is 0. The molecule has 1 aromatic carbocycles. The van der Waals surface area contributed by atoms with E-state index in [-0.39, 0.29) is 18.0 Å². The standard InChI is InChI=1S/C19H24N4O2/c1-4-16(14-8-10-20-11-9-14)22-19(25)23-17-7-6-15(12-13(17)3)18(24)21-5-2/h6-12,16H,4-5H2,1-3H3,(H,21,24)(H2,22,23,25). The van der Waals surface area contributed by atoms with Crippen molar-refractivity contribution in [3.63, 3.8) is 0 Å². The number of urea groups is 1. The molecular formula is C19H24N4O2. The van der Waals surface area contributed by atoms with Crippen LogP contribution in [0.4, 0.5) is 10.5 Å². The van der Waals surface area contributed by atoms with Gasteiger partial charge in [0.05, 0.1) is 6.04 Å². The van der Waals surface area contributed by atoms with Gasteiger partial charge in [0, 0.05) is 30.2 Å². The first-order valence-corrected chi connectivity index (χ1v) is 8.41. The largest absolute Gasteiger partial charge is 0.352 e. The number of amides is 3. The van der Waals surface area contributed by atoms with Crippen molar-refractivity contribution in [1.82, 2.24) is 15.6 Å². The van der Waals surface area contributed by atoms with Gasteiger partial charge in [-0.05, 0) is 61.7 Å². The molecule has 3 N–H and O–H groups in total. The quantitative estimate of drug-likeness (QED) is 0.753. The van der Waals surface area contributed by atoms with Crippen molar-refractivity contribution in [3.05, 3.63) is 59.4 Å². The summed E-state index contributed by atoms with van der Waals surface area (Å²) in [5, 5.41) is 8.56. The Balaban J connectivity index is 2.03. The van der Waals surface area contributed by atoms with E-state index in [9.17, 15) is 9.59 Å². The average molecular weight is 340 g/mol. The van der Waals surface area contributed by atoms with Crippen LogP contribution in [0.25, 0.3) is 0 Å².